The van der Waals surface area contributed by atoms with Gasteiger partial charge in [-0.15, -0.1) is 0 Å². The van der Waals surface area contributed by atoms with E-state index in [1.807, 2.05) is 24.3 Å². The second-order valence-electron chi connectivity index (χ2n) is 5.12. The van der Waals surface area contributed by atoms with Crippen LogP contribution in [0.2, 0.25) is 0 Å². The average Bonchev–Trinajstić information content (AvgIpc) is 3.05. The minimum Gasteiger partial charge on any atom is -0.507 e. The summed E-state index contributed by atoms with van der Waals surface area (Å²) in [5.41, 5.74) is 6.84. The van der Waals surface area contributed by atoms with Crippen LogP contribution in [0.25, 0.3) is 0 Å². The molecule has 0 aliphatic carbocycles. The highest BCUT2D eigenvalue weighted by Gasteiger charge is 2.48. The van der Waals surface area contributed by atoms with Gasteiger partial charge < -0.3 is 10.4 Å². The van der Waals surface area contributed by atoms with Crippen molar-refractivity contribution in [3.8, 4) is 5.75 Å². The number of fused-ring (bicyclic) bond motifs is 2. The number of aromatic hydroxyl groups is 1. The second kappa shape index (κ2) is 4.79. The molecular formula is C16H12BrN3OS. The third-order valence-electron chi connectivity index (χ3n) is 3.77. The molecule has 0 aromatic heterocycles. The number of benzene rings is 2. The highest BCUT2D eigenvalue weighted by Crippen LogP contribution is 2.53. The quantitative estimate of drug-likeness (QED) is 0.708. The van der Waals surface area contributed by atoms with E-state index < -0.39 is 4.87 Å². The lowest BCUT2D eigenvalue weighted by Gasteiger charge is -2.23. The summed E-state index contributed by atoms with van der Waals surface area (Å²) in [4.78, 5) is -0.545. The number of nitrogens with zero attached hydrogens (tertiary/aromatic N) is 1. The predicted octanol–water partition coefficient (Wildman–Crippen LogP) is 3.94. The van der Waals surface area contributed by atoms with Crippen LogP contribution in [0, 0.1) is 0 Å². The molecule has 2 heterocycles. The number of anilines is 1. The third-order valence-corrected chi connectivity index (χ3v) is 5.63. The Morgan fingerprint density at radius 2 is 2.05 bits per heavy atom. The summed E-state index contributed by atoms with van der Waals surface area (Å²) in [7, 11) is 0. The van der Waals surface area contributed by atoms with Crippen molar-refractivity contribution in [3.05, 3.63) is 70.3 Å². The molecule has 0 bridgehead atoms. The minimum atomic E-state index is -0.545. The van der Waals surface area contributed by atoms with Gasteiger partial charge in [0.2, 0.25) is 0 Å². The lowest BCUT2D eigenvalue weighted by atomic mass is 10.1. The number of hydrazone groups is 1. The van der Waals surface area contributed by atoms with E-state index in [0.29, 0.717) is 5.56 Å². The van der Waals surface area contributed by atoms with Crippen LogP contribution in [0.5, 0.6) is 5.75 Å². The molecule has 4 nitrogen and oxygen atoms in total. The molecule has 0 saturated carbocycles. The maximum atomic E-state index is 10.0. The van der Waals surface area contributed by atoms with Crippen LogP contribution < -0.4 is 10.7 Å². The van der Waals surface area contributed by atoms with E-state index in [9.17, 15) is 5.11 Å². The molecule has 6 heteroatoms. The van der Waals surface area contributed by atoms with E-state index in [0.717, 1.165) is 26.5 Å². The Hall–Kier alpha value is -1.92. The van der Waals surface area contributed by atoms with Gasteiger partial charge in [0, 0.05) is 15.7 Å². The maximum absolute atomic E-state index is 10.0. The molecule has 1 unspecified atom stereocenters. The smallest absolute Gasteiger partial charge is 0.172 e. The van der Waals surface area contributed by atoms with E-state index in [-0.39, 0.29) is 5.75 Å². The van der Waals surface area contributed by atoms with Gasteiger partial charge in [-0.1, -0.05) is 46.4 Å². The fourth-order valence-electron chi connectivity index (χ4n) is 2.66. The number of phenolic OH excluding ortho intramolecular Hbond substituents is 1. The number of hydrogen-bond acceptors (Lipinski definition) is 5. The van der Waals surface area contributed by atoms with Crippen LogP contribution >= 0.6 is 27.7 Å². The summed E-state index contributed by atoms with van der Waals surface area (Å²) in [5, 5.41) is 18.5. The van der Waals surface area contributed by atoms with E-state index in [4.69, 9.17) is 0 Å². The topological polar surface area (TPSA) is 56.7 Å². The van der Waals surface area contributed by atoms with Crippen molar-refractivity contribution in [2.45, 2.75) is 4.87 Å². The largest absolute Gasteiger partial charge is 0.507 e. The summed E-state index contributed by atoms with van der Waals surface area (Å²) in [6.07, 6.45) is 0. The molecule has 4 rings (SSSR count). The van der Waals surface area contributed by atoms with Crippen LogP contribution in [0.1, 0.15) is 11.1 Å². The van der Waals surface area contributed by atoms with E-state index in [1.165, 1.54) is 0 Å². The molecule has 110 valence electrons. The van der Waals surface area contributed by atoms with Crippen LogP contribution in [0.3, 0.4) is 0 Å². The zero-order chi connectivity index (χ0) is 15.3. The highest BCUT2D eigenvalue weighted by atomic mass is 79.9. The Bertz CT molecular complexity index is 836. The first kappa shape index (κ1) is 13.7. The third kappa shape index (κ3) is 1.87. The van der Waals surface area contributed by atoms with Gasteiger partial charge >= 0.3 is 0 Å². The van der Waals surface area contributed by atoms with Gasteiger partial charge in [-0.25, -0.2) is 0 Å². The Morgan fingerprint density at radius 1 is 1.23 bits per heavy atom. The zero-order valence-electron chi connectivity index (χ0n) is 11.4. The SMILES string of the molecule is C=C1Nc2ccc(Br)cc2C12NN=C(c1ccccc1O)S2. The lowest BCUT2D eigenvalue weighted by Crippen LogP contribution is -2.32. The zero-order valence-corrected chi connectivity index (χ0v) is 13.8. The molecule has 2 aliphatic rings. The number of halogens is 1. The molecule has 1 atom stereocenters. The second-order valence-corrected chi connectivity index (χ2v) is 7.24. The van der Waals surface area contributed by atoms with E-state index >= 15 is 0 Å². The van der Waals surface area contributed by atoms with Crippen LogP contribution in [-0.2, 0) is 4.87 Å². The van der Waals surface area contributed by atoms with Crippen molar-refractivity contribution in [1.29, 1.82) is 0 Å². The van der Waals surface area contributed by atoms with Crippen molar-refractivity contribution in [2.24, 2.45) is 5.10 Å². The van der Waals surface area contributed by atoms with E-state index in [2.05, 4.69) is 44.4 Å². The van der Waals surface area contributed by atoms with Crippen molar-refractivity contribution in [2.75, 3.05) is 5.32 Å². The monoisotopic (exact) mass is 373 g/mol. The first-order valence-corrected chi connectivity index (χ1v) is 8.30. The van der Waals surface area contributed by atoms with E-state index in [1.54, 1.807) is 23.9 Å². The standard InChI is InChI=1S/C16H12BrN3OS/c1-9-16(12-8-10(17)6-7-13(12)18-9)20-19-15(22-16)11-4-2-3-5-14(11)21/h2-8,18,20-21H,1H2. The molecule has 2 aromatic carbocycles. The lowest BCUT2D eigenvalue weighted by molar-refractivity contribution is 0.474. The minimum absolute atomic E-state index is 0.221. The summed E-state index contributed by atoms with van der Waals surface area (Å²) in [6.45, 7) is 4.14. The Balaban J connectivity index is 1.77. The van der Waals surface area contributed by atoms with Gasteiger partial charge in [0.05, 0.1) is 11.3 Å². The number of nitrogens with one attached hydrogen (secondary N) is 2. The van der Waals surface area contributed by atoms with Crippen molar-refractivity contribution < 1.29 is 5.11 Å². The molecule has 1 spiro atoms. The summed E-state index contributed by atoms with van der Waals surface area (Å²) in [6, 6.07) is 13.3. The molecule has 0 radical (unpaired) electrons. The first-order valence-electron chi connectivity index (χ1n) is 6.69. The Morgan fingerprint density at radius 3 is 2.86 bits per heavy atom. The first-order chi connectivity index (χ1) is 10.6. The maximum Gasteiger partial charge on any atom is 0.172 e. The number of para-hydroxylation sites is 1. The summed E-state index contributed by atoms with van der Waals surface area (Å²) in [5.74, 6) is 0.221. The van der Waals surface area contributed by atoms with Crippen LogP contribution in [0.15, 0.2) is 64.3 Å². The molecule has 2 aliphatic heterocycles. The van der Waals surface area contributed by atoms with Crippen molar-refractivity contribution in [1.82, 2.24) is 5.43 Å². The van der Waals surface area contributed by atoms with Gasteiger partial charge in [0.1, 0.15) is 10.8 Å². The van der Waals surface area contributed by atoms with Gasteiger partial charge in [-0.05, 0) is 30.3 Å². The fraction of sp³-hybridized carbons (Fsp3) is 0.0625. The number of thioether (sulfide) groups is 1. The number of rotatable bonds is 1. The summed E-state index contributed by atoms with van der Waals surface area (Å²) < 4.78 is 1.00. The average molecular weight is 374 g/mol. The van der Waals surface area contributed by atoms with Crippen molar-refractivity contribution in [3.63, 3.8) is 0 Å². The normalized spacial score (nSPS) is 22.2. The predicted molar refractivity (Wildman–Crippen MR) is 94.0 cm³/mol. The Kier molecular flexibility index (Phi) is 2.99. The van der Waals surface area contributed by atoms with Crippen LogP contribution in [0.4, 0.5) is 5.69 Å². The Labute approximate surface area is 140 Å². The van der Waals surface area contributed by atoms with Crippen molar-refractivity contribution >= 4 is 38.4 Å². The molecule has 0 saturated heterocycles. The van der Waals surface area contributed by atoms with Gasteiger partial charge in [0.15, 0.2) is 4.87 Å². The van der Waals surface area contributed by atoms with Gasteiger partial charge in [0.25, 0.3) is 0 Å². The highest BCUT2D eigenvalue weighted by molar-refractivity contribution is 9.10. The molecular weight excluding hydrogens is 362 g/mol. The van der Waals surface area contributed by atoms with Crippen LogP contribution in [-0.4, -0.2) is 10.2 Å². The number of phenols is 1. The van der Waals surface area contributed by atoms with Gasteiger partial charge in [-0.2, -0.15) is 5.10 Å². The molecule has 22 heavy (non-hydrogen) atoms. The molecule has 0 amide bonds. The molecule has 0 fully saturated rings. The summed E-state index contributed by atoms with van der Waals surface area (Å²) >= 11 is 5.06. The molecule has 2 aromatic rings. The fourth-order valence-corrected chi connectivity index (χ4v) is 4.23. The van der Waals surface area contributed by atoms with Gasteiger partial charge in [-0.3, -0.25) is 5.43 Å². The molecule has 3 N–H and O–H groups in total. The number of hydrogen-bond donors (Lipinski definition) is 3.